The van der Waals surface area contributed by atoms with Gasteiger partial charge in [0.05, 0.1) is 21.9 Å². The molecule has 0 radical (unpaired) electrons. The summed E-state index contributed by atoms with van der Waals surface area (Å²) >= 11 is 7.24. The third-order valence-electron chi connectivity index (χ3n) is 11.9. The number of alkyl halides is 3. The second kappa shape index (κ2) is 22.2. The Morgan fingerprint density at radius 3 is 1.47 bits per heavy atom. The van der Waals surface area contributed by atoms with Crippen molar-refractivity contribution in [3.63, 3.8) is 0 Å². The van der Waals surface area contributed by atoms with Gasteiger partial charge in [-0.15, -0.1) is 0 Å². The van der Waals surface area contributed by atoms with E-state index in [2.05, 4.69) is 200 Å². The van der Waals surface area contributed by atoms with Gasteiger partial charge >= 0.3 is 66.0 Å². The zero-order chi connectivity index (χ0) is 54.6. The molecule has 0 saturated heterocycles. The Balaban J connectivity index is 0.000000212. The molecule has 4 aliphatic rings. The molecular weight excluding hydrogens is 1370 g/mol. The minimum atomic E-state index is -10.7. The fourth-order valence-electron chi connectivity index (χ4n) is 8.98. The molecule has 10 rings (SSSR count). The van der Waals surface area contributed by atoms with E-state index in [1.165, 1.54) is 83.4 Å². The Bertz CT molecular complexity index is 3050. The predicted molar refractivity (Wildman–Crippen MR) is 307 cm³/mol. The second-order valence-corrected chi connectivity index (χ2v) is 34.1. The molecular formula is C52H57F12I3N4OP2. The number of hydrogen-bond acceptors (Lipinski definition) is 3. The fraction of sp³-hybridized carbons (Fsp3) is 0.327. The molecule has 0 amide bonds. The van der Waals surface area contributed by atoms with Crippen LogP contribution < -0.4 is 0 Å². The largest absolute Gasteiger partial charge is 0.298 e. The molecule has 0 aliphatic carbocycles. The van der Waals surface area contributed by atoms with E-state index < -0.39 is 15.6 Å². The molecule has 0 spiro atoms. The summed E-state index contributed by atoms with van der Waals surface area (Å²) in [5.74, 6) is 0. The predicted octanol–water partition coefficient (Wildman–Crippen LogP) is 21.5. The molecule has 0 fully saturated rings. The number of carbonyl (C=O) groups is 1. The molecule has 74 heavy (non-hydrogen) atoms. The van der Waals surface area contributed by atoms with E-state index in [1.54, 1.807) is 11.9 Å². The van der Waals surface area contributed by atoms with Crippen LogP contribution in [0.25, 0.3) is 27.9 Å². The van der Waals surface area contributed by atoms with Crippen LogP contribution in [-0.4, -0.2) is 49.4 Å². The van der Waals surface area contributed by atoms with Crippen LogP contribution in [0.5, 0.6) is 0 Å². The zero-order valence-corrected chi connectivity index (χ0v) is 48.4. The fourth-order valence-corrected chi connectivity index (χ4v) is 8.98. The summed E-state index contributed by atoms with van der Waals surface area (Å²) in [6.45, 7) is 14.0. The molecule has 0 N–H and O–H groups in total. The number of pyridine rings is 2. The van der Waals surface area contributed by atoms with Gasteiger partial charge in [-0.25, -0.2) is 0 Å². The molecule has 6 aromatic rings. The summed E-state index contributed by atoms with van der Waals surface area (Å²) in [4.78, 5) is 19.2. The summed E-state index contributed by atoms with van der Waals surface area (Å²) < 4.78 is 124. The van der Waals surface area contributed by atoms with E-state index in [9.17, 15) is 55.2 Å². The van der Waals surface area contributed by atoms with E-state index in [4.69, 9.17) is 0 Å². The van der Waals surface area contributed by atoms with E-state index in [1.807, 2.05) is 42.6 Å². The summed E-state index contributed by atoms with van der Waals surface area (Å²) in [6.07, 6.45) is 14.3. The molecule has 6 heterocycles. The first-order valence-electron chi connectivity index (χ1n) is 22.7. The van der Waals surface area contributed by atoms with Gasteiger partial charge in [0.2, 0.25) is 11.4 Å². The number of aldehydes is 1. The maximum absolute atomic E-state index is 10.7. The number of benzene rings is 4. The topological polar surface area (TPSA) is 48.9 Å². The molecule has 406 valence electrons. The number of allylic oxidation sites excluding steroid dienone is 1. The Morgan fingerprint density at radius 2 is 0.986 bits per heavy atom. The molecule has 5 nitrogen and oxygen atoms in total. The van der Waals surface area contributed by atoms with Crippen molar-refractivity contribution in [2.75, 3.05) is 13.1 Å². The van der Waals surface area contributed by atoms with E-state index >= 15 is 0 Å². The molecule has 4 aromatic carbocycles. The van der Waals surface area contributed by atoms with Crippen LogP contribution in [0.2, 0.25) is 0 Å². The maximum Gasteiger partial charge on any atom is 0.151 e. The van der Waals surface area contributed by atoms with Gasteiger partial charge < -0.3 is 0 Å². The van der Waals surface area contributed by atoms with Crippen molar-refractivity contribution >= 4 is 140 Å². The summed E-state index contributed by atoms with van der Waals surface area (Å²) in [7, 11) is -21.3. The van der Waals surface area contributed by atoms with E-state index in [0.717, 1.165) is 35.7 Å². The summed E-state index contributed by atoms with van der Waals surface area (Å²) in [5, 5.41) is 2.20. The van der Waals surface area contributed by atoms with Crippen LogP contribution in [-0.2, 0) is 10.8 Å². The molecule has 0 bridgehead atoms. The molecule has 2 aromatic heterocycles. The average molecular weight is 1420 g/mol. The van der Waals surface area contributed by atoms with Crippen LogP contribution >= 0.6 is 83.4 Å². The number of aromatic nitrogens is 2. The quantitative estimate of drug-likeness (QED) is 0.0443. The third kappa shape index (κ3) is 20.2. The number of hydrogen-bond donors (Lipinski definition) is 0. The number of para-hydroxylation sites is 4. The molecule has 0 unspecified atom stereocenters. The van der Waals surface area contributed by atoms with Crippen LogP contribution in [0.3, 0.4) is 0 Å². The standard InChI is InChI=1S/C24H23N2.C14H18N.C10H7NO.C3H5I3.CH4.2F6P/c1-24(2)20-10-4-6-12-22(20)26-13-7-9-19(23(24)26)15-17-14-18-8-3-5-11-21(18)25-16-17;1-14(2)11-7-3-4-8-12(11)15-10-6-5-9-13(14)15;12-7-8-5-9-3-1-2-4-10(9)11-6-8;1-2-3(4,5)6;;2*1-7(2,3,4,5)6/h3-6,8,10-12,14-16H,7,9,13H2,1-2H3;3-4,7-8H,5-6,9-10H2,1-2H3;1-7H;2H2,1H3;1H4;;/q2*+1;;;;2*-1. The van der Waals surface area contributed by atoms with Crippen molar-refractivity contribution in [2.24, 2.45) is 0 Å². The monoisotopic (exact) mass is 1420 g/mol. The zero-order valence-electron chi connectivity index (χ0n) is 40.1. The Kier molecular flexibility index (Phi) is 18.9. The smallest absolute Gasteiger partial charge is 0.151 e. The number of rotatable bonds is 3. The van der Waals surface area contributed by atoms with Crippen molar-refractivity contribution in [1.82, 2.24) is 9.97 Å². The molecule has 0 atom stereocenters. The molecule has 4 aliphatic heterocycles. The Labute approximate surface area is 464 Å². The SMILES string of the molecule is C.CC1(C)C2=[N+](CCC/C2=C\c2cnc3ccccc3c2)c2ccccc21.CC1(C)C2=[N+](CCCC2)c2ccccc21.CCC(I)(I)I.F[P-](F)(F)(F)(F)F.F[P-](F)(F)(F)(F)F.O=Cc1cnc2ccccc2c1. The minimum Gasteiger partial charge on any atom is -0.298 e. The van der Waals surface area contributed by atoms with Gasteiger partial charge in [-0.3, -0.25) is 14.8 Å². The number of fused-ring (bicyclic) bond motifs is 6. The van der Waals surface area contributed by atoms with Crippen LogP contribution in [0.4, 0.5) is 61.7 Å². The van der Waals surface area contributed by atoms with Gasteiger partial charge in [-0.2, -0.15) is 9.15 Å². The van der Waals surface area contributed by atoms with Gasteiger partial charge in [0.15, 0.2) is 17.7 Å². The summed E-state index contributed by atoms with van der Waals surface area (Å²) in [5.41, 5.74) is 14.5. The van der Waals surface area contributed by atoms with Gasteiger partial charge in [0.25, 0.3) is 0 Å². The maximum atomic E-state index is 10.4. The van der Waals surface area contributed by atoms with Gasteiger partial charge in [-0.05, 0) is 82.9 Å². The van der Waals surface area contributed by atoms with Crippen LogP contribution in [0.15, 0.2) is 127 Å². The number of carbonyl (C=O) groups excluding carboxylic acids is 1. The average Bonchev–Trinajstić information content (AvgIpc) is 3.67. The first-order chi connectivity index (χ1) is 33.2. The van der Waals surface area contributed by atoms with Gasteiger partial charge in [0, 0.05) is 76.8 Å². The summed E-state index contributed by atoms with van der Waals surface area (Å²) in [6, 6.07) is 37.9. The van der Waals surface area contributed by atoms with Crippen molar-refractivity contribution < 1.29 is 64.3 Å². The van der Waals surface area contributed by atoms with E-state index in [0.29, 0.717) is 5.00 Å². The Morgan fingerprint density at radius 1 is 0.581 bits per heavy atom. The van der Waals surface area contributed by atoms with E-state index in [-0.39, 0.29) is 18.3 Å². The number of nitrogens with zero attached hydrogens (tertiary/aromatic N) is 4. The number of halogens is 15. The first-order valence-corrected chi connectivity index (χ1v) is 30.0. The van der Waals surface area contributed by atoms with Crippen LogP contribution in [0.1, 0.15) is 108 Å². The Hall–Kier alpha value is -3.34. The normalized spacial score (nSPS) is 18.5. The van der Waals surface area contributed by atoms with Gasteiger partial charge in [0.1, 0.15) is 12.5 Å². The second-order valence-electron chi connectivity index (χ2n) is 18.5. The van der Waals surface area contributed by atoms with Crippen molar-refractivity contribution in [3.8, 4) is 0 Å². The minimum absolute atomic E-state index is 0. The van der Waals surface area contributed by atoms with Crippen molar-refractivity contribution in [2.45, 2.75) is 90.8 Å². The van der Waals surface area contributed by atoms with Crippen LogP contribution in [0, 0.1) is 0 Å². The first kappa shape index (κ1) is 63.2. The molecule has 22 heteroatoms. The van der Waals surface area contributed by atoms with Crippen molar-refractivity contribution in [1.29, 1.82) is 0 Å². The third-order valence-corrected chi connectivity index (χ3v) is 14.2. The molecule has 0 saturated carbocycles. The van der Waals surface area contributed by atoms with Crippen molar-refractivity contribution in [3.05, 3.63) is 149 Å². The van der Waals surface area contributed by atoms with Gasteiger partial charge in [-0.1, -0.05) is 155 Å².